The third kappa shape index (κ3) is 4.16. The summed E-state index contributed by atoms with van der Waals surface area (Å²) in [6, 6.07) is 5.78. The van der Waals surface area contributed by atoms with Gasteiger partial charge in [-0.2, -0.15) is 0 Å². The fraction of sp³-hybridized carbons (Fsp3) is 0.474. The number of H-pyrrole nitrogens is 1. The van der Waals surface area contributed by atoms with Crippen LogP contribution in [0.2, 0.25) is 0 Å². The maximum absolute atomic E-state index is 12.5. The SMILES string of the molecule is CCCCn1c(=O)[nH]c(=O)c2c1nc(CNCc1ccccn1)n2CCC. The summed E-state index contributed by atoms with van der Waals surface area (Å²) in [7, 11) is 0. The molecule has 0 saturated carbocycles. The Labute approximate surface area is 157 Å². The van der Waals surface area contributed by atoms with E-state index >= 15 is 0 Å². The van der Waals surface area contributed by atoms with E-state index < -0.39 is 5.69 Å². The number of aryl methyl sites for hydroxylation is 2. The smallest absolute Gasteiger partial charge is 0.321 e. The summed E-state index contributed by atoms with van der Waals surface area (Å²) in [6.07, 6.45) is 4.44. The molecule has 8 heteroatoms. The largest absolute Gasteiger partial charge is 0.330 e. The molecular weight excluding hydrogens is 344 g/mol. The highest BCUT2D eigenvalue weighted by molar-refractivity contribution is 5.71. The Morgan fingerprint density at radius 3 is 2.63 bits per heavy atom. The lowest BCUT2D eigenvalue weighted by Gasteiger charge is -2.08. The second-order valence-electron chi connectivity index (χ2n) is 6.54. The Bertz CT molecular complexity index is 1000. The van der Waals surface area contributed by atoms with Crippen molar-refractivity contribution in [3.63, 3.8) is 0 Å². The lowest BCUT2D eigenvalue weighted by atomic mass is 10.3. The molecule has 2 N–H and O–H groups in total. The Hall–Kier alpha value is -2.74. The highest BCUT2D eigenvalue weighted by Crippen LogP contribution is 2.13. The average molecular weight is 370 g/mol. The first-order chi connectivity index (χ1) is 13.2. The summed E-state index contributed by atoms with van der Waals surface area (Å²) in [5, 5.41) is 3.33. The highest BCUT2D eigenvalue weighted by Gasteiger charge is 2.17. The maximum Gasteiger partial charge on any atom is 0.330 e. The molecule has 0 amide bonds. The predicted octanol–water partition coefficient (Wildman–Crippen LogP) is 1.78. The van der Waals surface area contributed by atoms with Crippen molar-refractivity contribution in [3.05, 3.63) is 56.8 Å². The number of pyridine rings is 1. The van der Waals surface area contributed by atoms with Crippen LogP contribution in [-0.2, 0) is 26.2 Å². The molecule has 0 aliphatic carbocycles. The molecule has 0 saturated heterocycles. The van der Waals surface area contributed by atoms with Crippen molar-refractivity contribution >= 4 is 11.2 Å². The molecule has 27 heavy (non-hydrogen) atoms. The van der Waals surface area contributed by atoms with Crippen molar-refractivity contribution in [3.8, 4) is 0 Å². The number of rotatable bonds is 9. The first-order valence-electron chi connectivity index (χ1n) is 9.48. The molecule has 0 fully saturated rings. The number of nitrogens with zero attached hydrogens (tertiary/aromatic N) is 4. The topological polar surface area (TPSA) is 97.6 Å². The summed E-state index contributed by atoms with van der Waals surface area (Å²) in [5.41, 5.74) is 1.12. The summed E-state index contributed by atoms with van der Waals surface area (Å²) < 4.78 is 3.50. The quantitative estimate of drug-likeness (QED) is 0.598. The van der Waals surface area contributed by atoms with E-state index in [1.165, 1.54) is 0 Å². The van der Waals surface area contributed by atoms with Gasteiger partial charge in [0.05, 0.1) is 12.2 Å². The van der Waals surface area contributed by atoms with Crippen LogP contribution >= 0.6 is 0 Å². The van der Waals surface area contributed by atoms with Crippen molar-refractivity contribution in [1.29, 1.82) is 0 Å². The number of imidazole rings is 1. The Morgan fingerprint density at radius 1 is 1.07 bits per heavy atom. The Balaban J connectivity index is 1.96. The van der Waals surface area contributed by atoms with Crippen molar-refractivity contribution in [2.24, 2.45) is 0 Å². The molecule has 144 valence electrons. The number of aromatic amines is 1. The number of nitrogens with one attached hydrogen (secondary N) is 2. The van der Waals surface area contributed by atoms with E-state index in [2.05, 4.69) is 34.1 Å². The number of hydrogen-bond donors (Lipinski definition) is 2. The van der Waals surface area contributed by atoms with Crippen LogP contribution in [0, 0.1) is 0 Å². The van der Waals surface area contributed by atoms with Crippen LogP contribution in [0.1, 0.15) is 44.6 Å². The molecule has 3 aromatic rings. The van der Waals surface area contributed by atoms with E-state index in [1.807, 2.05) is 22.8 Å². The van der Waals surface area contributed by atoms with Gasteiger partial charge in [-0.1, -0.05) is 26.3 Å². The van der Waals surface area contributed by atoms with Gasteiger partial charge in [0, 0.05) is 25.8 Å². The van der Waals surface area contributed by atoms with Crippen molar-refractivity contribution < 1.29 is 0 Å². The van der Waals surface area contributed by atoms with Gasteiger partial charge in [0.15, 0.2) is 11.2 Å². The fourth-order valence-electron chi connectivity index (χ4n) is 3.15. The lowest BCUT2D eigenvalue weighted by Crippen LogP contribution is -2.31. The maximum atomic E-state index is 12.5. The van der Waals surface area contributed by atoms with Crippen LogP contribution < -0.4 is 16.6 Å². The molecule has 3 aromatic heterocycles. The molecule has 0 aliphatic heterocycles. The molecule has 0 unspecified atom stereocenters. The molecule has 0 aliphatic rings. The van der Waals surface area contributed by atoms with Crippen molar-refractivity contribution in [2.75, 3.05) is 0 Å². The van der Waals surface area contributed by atoms with E-state index in [4.69, 9.17) is 0 Å². The third-order valence-corrected chi connectivity index (χ3v) is 4.46. The van der Waals surface area contributed by atoms with Gasteiger partial charge in [0.25, 0.3) is 5.56 Å². The zero-order valence-corrected chi connectivity index (χ0v) is 15.9. The summed E-state index contributed by atoms with van der Waals surface area (Å²) in [4.78, 5) is 36.1. The van der Waals surface area contributed by atoms with E-state index in [0.717, 1.165) is 30.8 Å². The van der Waals surface area contributed by atoms with Gasteiger partial charge in [-0.05, 0) is 25.0 Å². The standard InChI is InChI=1S/C19H26N6O2/c1-3-5-11-25-17-16(18(26)23-19(25)27)24(10-4-2)15(22-17)13-20-12-14-8-6-7-9-21-14/h6-9,20H,3-5,10-13H2,1-2H3,(H,23,26,27). The first-order valence-corrected chi connectivity index (χ1v) is 9.48. The van der Waals surface area contributed by atoms with Gasteiger partial charge in [-0.25, -0.2) is 9.78 Å². The molecule has 8 nitrogen and oxygen atoms in total. The second kappa shape index (κ2) is 8.77. The van der Waals surface area contributed by atoms with E-state index in [-0.39, 0.29) is 5.56 Å². The molecule has 0 aromatic carbocycles. The molecular formula is C19H26N6O2. The van der Waals surface area contributed by atoms with Gasteiger partial charge in [0.2, 0.25) is 0 Å². The second-order valence-corrected chi connectivity index (χ2v) is 6.54. The van der Waals surface area contributed by atoms with Crippen LogP contribution in [0.25, 0.3) is 11.2 Å². The van der Waals surface area contributed by atoms with Gasteiger partial charge in [0.1, 0.15) is 5.82 Å². The molecule has 0 atom stereocenters. The van der Waals surface area contributed by atoms with Crippen LogP contribution in [0.4, 0.5) is 0 Å². The zero-order valence-electron chi connectivity index (χ0n) is 15.9. The van der Waals surface area contributed by atoms with E-state index in [9.17, 15) is 9.59 Å². The number of hydrogen-bond acceptors (Lipinski definition) is 5. The van der Waals surface area contributed by atoms with Crippen LogP contribution in [0.3, 0.4) is 0 Å². The zero-order chi connectivity index (χ0) is 19.2. The minimum absolute atomic E-state index is 0.375. The predicted molar refractivity (Wildman–Crippen MR) is 105 cm³/mol. The third-order valence-electron chi connectivity index (χ3n) is 4.46. The minimum atomic E-state index is -0.393. The average Bonchev–Trinajstić information content (AvgIpc) is 3.01. The molecule has 0 spiro atoms. The van der Waals surface area contributed by atoms with Crippen molar-refractivity contribution in [2.45, 2.75) is 59.3 Å². The summed E-state index contributed by atoms with van der Waals surface area (Å²) >= 11 is 0. The van der Waals surface area contributed by atoms with Gasteiger partial charge >= 0.3 is 5.69 Å². The van der Waals surface area contributed by atoms with Gasteiger partial charge < -0.3 is 9.88 Å². The Morgan fingerprint density at radius 2 is 1.93 bits per heavy atom. The lowest BCUT2D eigenvalue weighted by molar-refractivity contribution is 0.593. The fourth-order valence-corrected chi connectivity index (χ4v) is 3.15. The summed E-state index contributed by atoms with van der Waals surface area (Å²) in [6.45, 7) is 6.44. The first kappa shape index (κ1) is 19.0. The van der Waals surface area contributed by atoms with Crippen LogP contribution in [-0.4, -0.2) is 24.1 Å². The number of fused-ring (bicyclic) bond motifs is 1. The summed E-state index contributed by atoms with van der Waals surface area (Å²) in [5.74, 6) is 0.754. The van der Waals surface area contributed by atoms with Crippen LogP contribution in [0.5, 0.6) is 0 Å². The monoisotopic (exact) mass is 370 g/mol. The molecule has 3 heterocycles. The molecule has 3 rings (SSSR count). The Kier molecular flexibility index (Phi) is 6.18. The van der Waals surface area contributed by atoms with Gasteiger partial charge in [-0.3, -0.25) is 19.3 Å². The minimum Gasteiger partial charge on any atom is -0.321 e. The normalized spacial score (nSPS) is 11.3. The molecule has 0 radical (unpaired) electrons. The molecule has 0 bridgehead atoms. The number of aromatic nitrogens is 5. The van der Waals surface area contributed by atoms with Gasteiger partial charge in [-0.15, -0.1) is 0 Å². The van der Waals surface area contributed by atoms with Crippen molar-refractivity contribution in [1.82, 2.24) is 29.4 Å². The highest BCUT2D eigenvalue weighted by atomic mass is 16.2. The van der Waals surface area contributed by atoms with E-state index in [0.29, 0.717) is 37.3 Å². The van der Waals surface area contributed by atoms with Crippen LogP contribution in [0.15, 0.2) is 34.0 Å². The van der Waals surface area contributed by atoms with E-state index in [1.54, 1.807) is 10.8 Å². The number of unbranched alkanes of at least 4 members (excludes halogenated alkanes) is 1.